The van der Waals surface area contributed by atoms with Gasteiger partial charge in [-0.1, -0.05) is 6.07 Å². The van der Waals surface area contributed by atoms with Crippen LogP contribution in [-0.2, 0) is 4.79 Å². The molecular weight excluding hydrogens is 318 g/mol. The highest BCUT2D eigenvalue weighted by Gasteiger charge is 2.09. The van der Waals surface area contributed by atoms with Crippen molar-refractivity contribution in [2.24, 2.45) is 0 Å². The number of carbonyl (C=O) groups is 1. The number of hydrogen-bond acceptors (Lipinski definition) is 6. The van der Waals surface area contributed by atoms with Crippen molar-refractivity contribution in [1.29, 1.82) is 0 Å². The van der Waals surface area contributed by atoms with Crippen LogP contribution in [0.5, 0.6) is 5.75 Å². The molecule has 112 valence electrons. The first-order chi connectivity index (χ1) is 10.8. The molecule has 5 nitrogen and oxygen atoms in total. The van der Waals surface area contributed by atoms with Crippen molar-refractivity contribution in [1.82, 2.24) is 8.75 Å². The quantitative estimate of drug-likeness (QED) is 0.726. The molecule has 1 heterocycles. The molecule has 0 bridgehead atoms. The summed E-state index contributed by atoms with van der Waals surface area (Å²) in [6, 6.07) is 13.2. The van der Waals surface area contributed by atoms with Crippen molar-refractivity contribution in [2.75, 3.05) is 18.2 Å². The Kier molecular flexibility index (Phi) is 4.55. The number of thioether (sulfide) groups is 1. The zero-order valence-electron chi connectivity index (χ0n) is 11.8. The van der Waals surface area contributed by atoms with Gasteiger partial charge in [0, 0.05) is 4.90 Å². The first-order valence-corrected chi connectivity index (χ1v) is 8.26. The van der Waals surface area contributed by atoms with Crippen LogP contribution < -0.4 is 10.1 Å². The highest BCUT2D eigenvalue weighted by atomic mass is 32.2. The second kappa shape index (κ2) is 6.76. The number of rotatable bonds is 5. The van der Waals surface area contributed by atoms with Gasteiger partial charge in [-0.05, 0) is 36.4 Å². The molecule has 0 atom stereocenters. The third-order valence-electron chi connectivity index (χ3n) is 2.99. The van der Waals surface area contributed by atoms with E-state index in [1.807, 2.05) is 42.5 Å². The highest BCUT2D eigenvalue weighted by molar-refractivity contribution is 8.00. The van der Waals surface area contributed by atoms with Crippen LogP contribution in [-0.4, -0.2) is 27.5 Å². The average Bonchev–Trinajstić information content (AvgIpc) is 3.03. The molecule has 1 aromatic heterocycles. The molecule has 1 N–H and O–H groups in total. The van der Waals surface area contributed by atoms with E-state index in [1.165, 1.54) is 11.8 Å². The predicted molar refractivity (Wildman–Crippen MR) is 89.8 cm³/mol. The van der Waals surface area contributed by atoms with E-state index in [0.29, 0.717) is 11.4 Å². The molecule has 0 spiro atoms. The van der Waals surface area contributed by atoms with Crippen LogP contribution in [0.15, 0.2) is 47.4 Å². The molecule has 1 amide bonds. The topological polar surface area (TPSA) is 64.1 Å². The molecule has 0 saturated carbocycles. The Balaban J connectivity index is 1.61. The highest BCUT2D eigenvalue weighted by Crippen LogP contribution is 2.23. The molecule has 0 aliphatic carbocycles. The fourth-order valence-electron chi connectivity index (χ4n) is 1.91. The predicted octanol–water partition coefficient (Wildman–Crippen LogP) is 3.43. The SMILES string of the molecule is COc1ccc(SCC(=O)Nc2cccc3nsnc23)cc1. The van der Waals surface area contributed by atoms with Crippen molar-refractivity contribution in [3.63, 3.8) is 0 Å². The number of fused-ring (bicyclic) bond motifs is 1. The maximum Gasteiger partial charge on any atom is 0.234 e. The molecule has 0 aliphatic rings. The Morgan fingerprint density at radius 1 is 1.23 bits per heavy atom. The summed E-state index contributed by atoms with van der Waals surface area (Å²) in [5.41, 5.74) is 2.23. The Hall–Kier alpha value is -2.12. The Morgan fingerprint density at radius 2 is 2.05 bits per heavy atom. The maximum atomic E-state index is 12.1. The summed E-state index contributed by atoms with van der Waals surface area (Å²) in [5.74, 6) is 1.07. The third-order valence-corrected chi connectivity index (χ3v) is 4.54. The Labute approximate surface area is 136 Å². The van der Waals surface area contributed by atoms with Gasteiger partial charge in [0.1, 0.15) is 16.8 Å². The summed E-state index contributed by atoms with van der Waals surface area (Å²) in [7, 11) is 1.63. The average molecular weight is 331 g/mol. The van der Waals surface area contributed by atoms with E-state index in [-0.39, 0.29) is 5.91 Å². The van der Waals surface area contributed by atoms with Crippen LogP contribution in [0.3, 0.4) is 0 Å². The first-order valence-electron chi connectivity index (χ1n) is 6.54. The number of nitrogens with zero attached hydrogens (tertiary/aromatic N) is 2. The van der Waals surface area contributed by atoms with Crippen LogP contribution in [0.2, 0.25) is 0 Å². The van der Waals surface area contributed by atoms with E-state index in [9.17, 15) is 4.79 Å². The number of anilines is 1. The minimum absolute atomic E-state index is 0.0682. The van der Waals surface area contributed by atoms with Gasteiger partial charge in [0.2, 0.25) is 5.91 Å². The van der Waals surface area contributed by atoms with Gasteiger partial charge in [0.05, 0.1) is 30.3 Å². The normalized spacial score (nSPS) is 10.6. The number of carbonyl (C=O) groups excluding carboxylic acids is 1. The molecule has 0 fully saturated rings. The molecule has 3 aromatic rings. The van der Waals surface area contributed by atoms with E-state index >= 15 is 0 Å². The van der Waals surface area contributed by atoms with Crippen LogP contribution in [0.1, 0.15) is 0 Å². The summed E-state index contributed by atoms with van der Waals surface area (Å²) in [6.45, 7) is 0. The Bertz CT molecular complexity index is 787. The van der Waals surface area contributed by atoms with Gasteiger partial charge in [0.25, 0.3) is 0 Å². The molecule has 0 saturated heterocycles. The van der Waals surface area contributed by atoms with E-state index < -0.39 is 0 Å². The molecule has 2 aromatic carbocycles. The lowest BCUT2D eigenvalue weighted by molar-refractivity contribution is -0.113. The minimum atomic E-state index is -0.0682. The van der Waals surface area contributed by atoms with Gasteiger partial charge in [-0.15, -0.1) is 11.8 Å². The number of ether oxygens (including phenoxy) is 1. The summed E-state index contributed by atoms with van der Waals surface area (Å²) >= 11 is 2.61. The lowest BCUT2D eigenvalue weighted by atomic mass is 10.2. The fourth-order valence-corrected chi connectivity index (χ4v) is 3.16. The van der Waals surface area contributed by atoms with E-state index in [4.69, 9.17) is 4.74 Å². The second-order valence-corrected chi connectivity index (χ2v) is 6.03. The molecule has 3 rings (SSSR count). The maximum absolute atomic E-state index is 12.1. The van der Waals surface area contributed by atoms with Crippen molar-refractivity contribution < 1.29 is 9.53 Å². The van der Waals surface area contributed by atoms with Crippen LogP contribution in [0.4, 0.5) is 5.69 Å². The smallest absolute Gasteiger partial charge is 0.234 e. The lowest BCUT2D eigenvalue weighted by Gasteiger charge is -2.06. The van der Waals surface area contributed by atoms with Gasteiger partial charge in [-0.25, -0.2) is 0 Å². The number of methoxy groups -OCH3 is 1. The molecule has 0 radical (unpaired) electrons. The number of benzene rings is 2. The van der Waals surface area contributed by atoms with Crippen molar-refractivity contribution >= 4 is 46.1 Å². The van der Waals surface area contributed by atoms with E-state index in [1.54, 1.807) is 7.11 Å². The lowest BCUT2D eigenvalue weighted by Crippen LogP contribution is -2.14. The summed E-state index contributed by atoms with van der Waals surface area (Å²) < 4.78 is 13.5. The van der Waals surface area contributed by atoms with Gasteiger partial charge < -0.3 is 10.1 Å². The molecule has 0 unspecified atom stereocenters. The van der Waals surface area contributed by atoms with Crippen molar-refractivity contribution in [3.05, 3.63) is 42.5 Å². The molecule has 22 heavy (non-hydrogen) atoms. The van der Waals surface area contributed by atoms with Crippen LogP contribution in [0, 0.1) is 0 Å². The molecular formula is C15H13N3O2S2. The van der Waals surface area contributed by atoms with Crippen molar-refractivity contribution in [2.45, 2.75) is 4.90 Å². The number of aromatic nitrogens is 2. The minimum Gasteiger partial charge on any atom is -0.497 e. The van der Waals surface area contributed by atoms with Gasteiger partial charge in [0.15, 0.2) is 0 Å². The largest absolute Gasteiger partial charge is 0.497 e. The first kappa shape index (κ1) is 14.8. The zero-order valence-corrected chi connectivity index (χ0v) is 13.4. The monoisotopic (exact) mass is 331 g/mol. The zero-order chi connectivity index (χ0) is 15.4. The Morgan fingerprint density at radius 3 is 2.82 bits per heavy atom. The molecule has 0 aliphatic heterocycles. The van der Waals surface area contributed by atoms with Crippen LogP contribution >= 0.6 is 23.5 Å². The standard InChI is InChI=1S/C15H13N3O2S2/c1-20-10-5-7-11(8-6-10)21-9-14(19)16-12-3-2-4-13-15(12)18-22-17-13/h2-8H,9H2,1H3,(H,16,19). The summed E-state index contributed by atoms with van der Waals surface area (Å²) in [6.07, 6.45) is 0. The third kappa shape index (κ3) is 3.37. The fraction of sp³-hybridized carbons (Fsp3) is 0.133. The van der Waals surface area contributed by atoms with Crippen molar-refractivity contribution in [3.8, 4) is 5.75 Å². The summed E-state index contributed by atoms with van der Waals surface area (Å²) in [5, 5.41) is 2.88. The van der Waals surface area contributed by atoms with Gasteiger partial charge in [-0.3, -0.25) is 4.79 Å². The summed E-state index contributed by atoms with van der Waals surface area (Å²) in [4.78, 5) is 13.1. The number of amides is 1. The van der Waals surface area contributed by atoms with E-state index in [0.717, 1.165) is 33.4 Å². The second-order valence-electron chi connectivity index (χ2n) is 4.45. The number of nitrogens with one attached hydrogen (secondary N) is 1. The number of hydrogen-bond donors (Lipinski definition) is 1. The van der Waals surface area contributed by atoms with Gasteiger partial charge >= 0.3 is 0 Å². The van der Waals surface area contributed by atoms with Crippen LogP contribution in [0.25, 0.3) is 11.0 Å². The van der Waals surface area contributed by atoms with Gasteiger partial charge in [-0.2, -0.15) is 8.75 Å². The molecule has 7 heteroatoms. The van der Waals surface area contributed by atoms with E-state index in [2.05, 4.69) is 14.1 Å².